The molecular weight excluding hydrogens is 258 g/mol. The number of aromatic nitrogens is 3. The van der Waals surface area contributed by atoms with Gasteiger partial charge in [0.1, 0.15) is 11.3 Å². The molecule has 0 fully saturated rings. The van der Waals surface area contributed by atoms with Crippen molar-refractivity contribution in [3.05, 3.63) is 23.7 Å². The van der Waals surface area contributed by atoms with E-state index in [9.17, 15) is 0 Å². The van der Waals surface area contributed by atoms with E-state index in [1.807, 2.05) is 12.3 Å². The smallest absolute Gasteiger partial charge is 0.160 e. The number of hydrogen-bond acceptors (Lipinski definition) is 2. The van der Waals surface area contributed by atoms with Crippen molar-refractivity contribution in [2.75, 3.05) is 0 Å². The quantitative estimate of drug-likeness (QED) is 0.756. The summed E-state index contributed by atoms with van der Waals surface area (Å²) >= 11 is 6.06. The fourth-order valence-corrected chi connectivity index (χ4v) is 2.76. The molecule has 0 N–H and O–H groups in total. The van der Waals surface area contributed by atoms with Crippen molar-refractivity contribution in [2.24, 2.45) is 5.92 Å². The first-order chi connectivity index (χ1) is 9.08. The molecule has 2 unspecified atom stereocenters. The second kappa shape index (κ2) is 5.91. The van der Waals surface area contributed by atoms with Gasteiger partial charge in [-0.1, -0.05) is 20.3 Å². The molecule has 2 heterocycles. The molecule has 19 heavy (non-hydrogen) atoms. The van der Waals surface area contributed by atoms with E-state index in [2.05, 4.69) is 42.2 Å². The second-order valence-electron chi connectivity index (χ2n) is 5.43. The van der Waals surface area contributed by atoms with E-state index in [1.165, 1.54) is 6.42 Å². The second-order valence-corrected chi connectivity index (χ2v) is 5.70. The van der Waals surface area contributed by atoms with Crippen LogP contribution in [0.1, 0.15) is 51.0 Å². The Kier molecular flexibility index (Phi) is 4.46. The first-order valence-corrected chi connectivity index (χ1v) is 7.50. The van der Waals surface area contributed by atoms with Gasteiger partial charge < -0.3 is 4.57 Å². The van der Waals surface area contributed by atoms with Crippen LogP contribution >= 0.6 is 11.6 Å². The van der Waals surface area contributed by atoms with Crippen molar-refractivity contribution in [2.45, 2.75) is 52.5 Å². The predicted octanol–water partition coefficient (Wildman–Crippen LogP) is 4.48. The Balaban J connectivity index is 2.48. The highest BCUT2D eigenvalue weighted by molar-refractivity contribution is 6.16. The molecule has 0 radical (unpaired) electrons. The highest BCUT2D eigenvalue weighted by atomic mass is 35.5. The van der Waals surface area contributed by atoms with E-state index in [0.29, 0.717) is 17.8 Å². The number of aryl methyl sites for hydroxylation is 1. The lowest BCUT2D eigenvalue weighted by Gasteiger charge is -2.19. The Labute approximate surface area is 120 Å². The van der Waals surface area contributed by atoms with Gasteiger partial charge in [-0.25, -0.2) is 9.97 Å². The number of imidazole rings is 1. The molecule has 2 rings (SSSR count). The van der Waals surface area contributed by atoms with Gasteiger partial charge in [0, 0.05) is 12.2 Å². The number of alkyl halides is 1. The lowest BCUT2D eigenvalue weighted by Crippen LogP contribution is -2.12. The van der Waals surface area contributed by atoms with Crippen LogP contribution in [0.5, 0.6) is 0 Å². The first kappa shape index (κ1) is 14.3. The minimum Gasteiger partial charge on any atom is -0.309 e. The maximum absolute atomic E-state index is 6.06. The highest BCUT2D eigenvalue weighted by Gasteiger charge is 2.18. The summed E-state index contributed by atoms with van der Waals surface area (Å²) in [5.41, 5.74) is 3.10. The summed E-state index contributed by atoms with van der Waals surface area (Å²) in [6.45, 7) is 8.81. The predicted molar refractivity (Wildman–Crippen MR) is 80.6 cm³/mol. The van der Waals surface area contributed by atoms with Gasteiger partial charge in [-0.05, 0) is 37.8 Å². The summed E-state index contributed by atoms with van der Waals surface area (Å²) in [6, 6.07) is 2.37. The minimum absolute atomic E-state index is 0.378. The van der Waals surface area contributed by atoms with Gasteiger partial charge in [0.15, 0.2) is 5.65 Å². The van der Waals surface area contributed by atoms with Gasteiger partial charge in [-0.3, -0.25) is 0 Å². The van der Waals surface area contributed by atoms with E-state index in [1.54, 1.807) is 0 Å². The molecule has 0 saturated heterocycles. The largest absolute Gasteiger partial charge is 0.309 e. The first-order valence-electron chi connectivity index (χ1n) is 6.96. The maximum Gasteiger partial charge on any atom is 0.160 e. The Morgan fingerprint density at radius 1 is 1.37 bits per heavy atom. The summed E-state index contributed by atoms with van der Waals surface area (Å²) in [5, 5.41) is 0. The molecule has 0 aliphatic heterocycles. The molecule has 0 amide bonds. The van der Waals surface area contributed by atoms with Crippen molar-refractivity contribution in [1.82, 2.24) is 14.5 Å². The van der Waals surface area contributed by atoms with Gasteiger partial charge in [0.2, 0.25) is 0 Å². The summed E-state index contributed by atoms with van der Waals surface area (Å²) in [5.74, 6) is 2.05. The van der Waals surface area contributed by atoms with Crippen LogP contribution in [0.4, 0.5) is 0 Å². The zero-order valence-corrected chi connectivity index (χ0v) is 12.9. The zero-order valence-electron chi connectivity index (χ0n) is 12.2. The molecule has 0 aliphatic carbocycles. The van der Waals surface area contributed by atoms with Crippen LogP contribution in [-0.2, 0) is 5.88 Å². The number of pyridine rings is 1. The Morgan fingerprint density at radius 3 is 2.74 bits per heavy atom. The van der Waals surface area contributed by atoms with Crippen LogP contribution < -0.4 is 0 Å². The SMILES string of the molecule is CCC(C)CC(C)n1c(CCl)nc2c(C)ccnc21. The zero-order chi connectivity index (χ0) is 14.0. The van der Waals surface area contributed by atoms with E-state index >= 15 is 0 Å². The molecule has 4 heteroatoms. The van der Waals surface area contributed by atoms with Gasteiger partial charge in [-0.2, -0.15) is 0 Å². The number of fused-ring (bicyclic) bond motifs is 1. The van der Waals surface area contributed by atoms with Gasteiger partial charge >= 0.3 is 0 Å². The van der Waals surface area contributed by atoms with Crippen molar-refractivity contribution in [3.8, 4) is 0 Å². The van der Waals surface area contributed by atoms with Crippen LogP contribution in [0.2, 0.25) is 0 Å². The number of rotatable bonds is 5. The number of nitrogens with zero attached hydrogens (tertiary/aromatic N) is 3. The molecule has 2 aromatic heterocycles. The Hall–Kier alpha value is -1.09. The summed E-state index contributed by atoms with van der Waals surface area (Å²) in [6.07, 6.45) is 4.17. The van der Waals surface area contributed by atoms with Gasteiger partial charge in [0.05, 0.1) is 5.88 Å². The Morgan fingerprint density at radius 2 is 2.11 bits per heavy atom. The minimum atomic E-state index is 0.378. The lowest BCUT2D eigenvalue weighted by molar-refractivity contribution is 0.398. The molecule has 0 bridgehead atoms. The van der Waals surface area contributed by atoms with Crippen LogP contribution in [0.25, 0.3) is 11.2 Å². The molecule has 104 valence electrons. The van der Waals surface area contributed by atoms with Crippen LogP contribution in [-0.4, -0.2) is 14.5 Å². The number of hydrogen-bond donors (Lipinski definition) is 0. The molecular formula is C15H22ClN3. The normalized spacial score (nSPS) is 14.8. The fourth-order valence-electron chi connectivity index (χ4n) is 2.57. The average Bonchev–Trinajstić information content (AvgIpc) is 2.78. The van der Waals surface area contributed by atoms with Crippen LogP contribution in [0.15, 0.2) is 12.3 Å². The third kappa shape index (κ3) is 2.76. The number of halogens is 1. The molecule has 3 nitrogen and oxygen atoms in total. The molecule has 0 saturated carbocycles. The van der Waals surface area contributed by atoms with Crippen molar-refractivity contribution in [1.29, 1.82) is 0 Å². The van der Waals surface area contributed by atoms with Crippen LogP contribution in [0, 0.1) is 12.8 Å². The highest BCUT2D eigenvalue weighted by Crippen LogP contribution is 2.27. The third-order valence-electron chi connectivity index (χ3n) is 3.85. The molecule has 0 aliphatic rings. The van der Waals surface area contributed by atoms with Gasteiger partial charge in [-0.15, -0.1) is 11.6 Å². The summed E-state index contributed by atoms with van der Waals surface area (Å²) in [4.78, 5) is 9.16. The third-order valence-corrected chi connectivity index (χ3v) is 4.09. The van der Waals surface area contributed by atoms with E-state index in [4.69, 9.17) is 11.6 Å². The van der Waals surface area contributed by atoms with E-state index in [-0.39, 0.29) is 0 Å². The fraction of sp³-hybridized carbons (Fsp3) is 0.600. The Bertz CT molecular complexity index is 562. The van der Waals surface area contributed by atoms with E-state index in [0.717, 1.165) is 29.0 Å². The molecule has 2 aromatic rings. The standard InChI is InChI=1S/C15H22ClN3/c1-5-10(2)8-12(4)19-13(9-16)18-14-11(3)6-7-17-15(14)19/h6-7,10,12H,5,8-9H2,1-4H3. The van der Waals surface area contributed by atoms with Crippen molar-refractivity contribution >= 4 is 22.8 Å². The summed E-state index contributed by atoms with van der Waals surface area (Å²) < 4.78 is 2.21. The van der Waals surface area contributed by atoms with Crippen molar-refractivity contribution < 1.29 is 0 Å². The molecule has 2 atom stereocenters. The monoisotopic (exact) mass is 279 g/mol. The van der Waals surface area contributed by atoms with Crippen LogP contribution in [0.3, 0.4) is 0 Å². The molecule has 0 aromatic carbocycles. The van der Waals surface area contributed by atoms with E-state index < -0.39 is 0 Å². The summed E-state index contributed by atoms with van der Waals surface area (Å²) in [7, 11) is 0. The van der Waals surface area contributed by atoms with Crippen molar-refractivity contribution in [3.63, 3.8) is 0 Å². The topological polar surface area (TPSA) is 30.7 Å². The lowest BCUT2D eigenvalue weighted by atomic mass is 10.0. The maximum atomic E-state index is 6.06. The van der Waals surface area contributed by atoms with Gasteiger partial charge in [0.25, 0.3) is 0 Å². The average molecular weight is 280 g/mol. The molecule has 0 spiro atoms.